The number of nitrogens with one attached hydrogen (secondary N) is 2. The molecule has 0 radical (unpaired) electrons. The molecule has 116 valence electrons. The van der Waals surface area contributed by atoms with Crippen LogP contribution < -0.4 is 10.0 Å². The molecule has 0 amide bonds. The number of hydrogen-bond donors (Lipinski definition) is 2. The van der Waals surface area contributed by atoms with Crippen molar-refractivity contribution in [3.05, 3.63) is 29.3 Å². The summed E-state index contributed by atoms with van der Waals surface area (Å²) in [6.07, 6.45) is 0. The zero-order valence-electron chi connectivity index (χ0n) is 13.1. The second kappa shape index (κ2) is 4.80. The van der Waals surface area contributed by atoms with E-state index in [-0.39, 0.29) is 11.5 Å². The number of hydrogen-bond acceptors (Lipinski definition) is 3. The van der Waals surface area contributed by atoms with Gasteiger partial charge in [-0.1, -0.05) is 32.9 Å². The van der Waals surface area contributed by atoms with E-state index in [0.717, 1.165) is 24.2 Å². The normalized spacial score (nSPS) is 28.5. The van der Waals surface area contributed by atoms with Crippen LogP contribution in [0.25, 0.3) is 0 Å². The van der Waals surface area contributed by atoms with Crippen LogP contribution in [0.5, 0.6) is 0 Å². The van der Waals surface area contributed by atoms with Gasteiger partial charge >= 0.3 is 0 Å². The third-order valence-corrected chi connectivity index (χ3v) is 6.33. The van der Waals surface area contributed by atoms with Crippen molar-refractivity contribution >= 4 is 10.0 Å². The van der Waals surface area contributed by atoms with Crippen LogP contribution >= 0.6 is 0 Å². The van der Waals surface area contributed by atoms with Gasteiger partial charge in [-0.25, -0.2) is 13.1 Å². The van der Waals surface area contributed by atoms with Crippen LogP contribution in [0, 0.1) is 18.8 Å². The van der Waals surface area contributed by atoms with E-state index < -0.39 is 10.0 Å². The molecule has 1 aliphatic heterocycles. The largest absolute Gasteiger partial charge is 0.316 e. The van der Waals surface area contributed by atoms with Gasteiger partial charge in [0.05, 0.1) is 4.90 Å². The van der Waals surface area contributed by atoms with E-state index in [0.29, 0.717) is 16.7 Å². The van der Waals surface area contributed by atoms with Crippen molar-refractivity contribution in [2.45, 2.75) is 44.0 Å². The SMILES string of the molecule is Cc1ccc(C(C)(C)C)cc1S(=O)(=O)NC1C2CNCC21. The summed E-state index contributed by atoms with van der Waals surface area (Å²) in [4.78, 5) is 0.424. The van der Waals surface area contributed by atoms with E-state index in [1.807, 2.05) is 25.1 Å². The molecule has 2 N–H and O–H groups in total. The molecule has 5 heteroatoms. The first-order valence-electron chi connectivity index (χ1n) is 7.54. The van der Waals surface area contributed by atoms with Crippen LogP contribution in [0.3, 0.4) is 0 Å². The van der Waals surface area contributed by atoms with E-state index in [4.69, 9.17) is 0 Å². The summed E-state index contributed by atoms with van der Waals surface area (Å²) in [5.74, 6) is 0.955. The van der Waals surface area contributed by atoms with Gasteiger partial charge in [0.1, 0.15) is 0 Å². The predicted molar refractivity (Wildman–Crippen MR) is 83.8 cm³/mol. The highest BCUT2D eigenvalue weighted by Gasteiger charge is 2.54. The molecule has 4 nitrogen and oxygen atoms in total. The minimum Gasteiger partial charge on any atom is -0.316 e. The van der Waals surface area contributed by atoms with Crippen molar-refractivity contribution in [1.82, 2.24) is 10.0 Å². The van der Waals surface area contributed by atoms with Gasteiger partial charge in [-0.3, -0.25) is 0 Å². The van der Waals surface area contributed by atoms with Gasteiger partial charge in [-0.05, 0) is 54.5 Å². The Balaban J connectivity index is 1.88. The van der Waals surface area contributed by atoms with Crippen molar-refractivity contribution in [3.63, 3.8) is 0 Å². The second-order valence-corrected chi connectivity index (χ2v) is 9.05. The lowest BCUT2D eigenvalue weighted by atomic mass is 9.87. The fourth-order valence-corrected chi connectivity index (χ4v) is 4.80. The van der Waals surface area contributed by atoms with Gasteiger partial charge < -0.3 is 5.32 Å². The minimum atomic E-state index is -3.43. The Hall–Kier alpha value is -0.910. The smallest absolute Gasteiger partial charge is 0.241 e. The van der Waals surface area contributed by atoms with Crippen LogP contribution in [-0.4, -0.2) is 27.5 Å². The molecule has 1 saturated carbocycles. The van der Waals surface area contributed by atoms with Gasteiger partial charge in [0.15, 0.2) is 0 Å². The third kappa shape index (κ3) is 2.74. The van der Waals surface area contributed by atoms with Crippen molar-refractivity contribution < 1.29 is 8.42 Å². The molecule has 21 heavy (non-hydrogen) atoms. The molecule has 0 bridgehead atoms. The first-order valence-corrected chi connectivity index (χ1v) is 9.03. The maximum atomic E-state index is 12.7. The Morgan fingerprint density at radius 2 is 1.81 bits per heavy atom. The summed E-state index contributed by atoms with van der Waals surface area (Å²) < 4.78 is 28.3. The molecule has 2 fully saturated rings. The van der Waals surface area contributed by atoms with Crippen LogP contribution in [0.1, 0.15) is 31.9 Å². The Morgan fingerprint density at radius 1 is 1.19 bits per heavy atom. The van der Waals surface area contributed by atoms with Crippen LogP contribution in [-0.2, 0) is 15.4 Å². The highest BCUT2D eigenvalue weighted by atomic mass is 32.2. The number of aryl methyl sites for hydroxylation is 1. The summed E-state index contributed by atoms with van der Waals surface area (Å²) in [7, 11) is -3.43. The van der Waals surface area contributed by atoms with E-state index in [2.05, 4.69) is 30.8 Å². The monoisotopic (exact) mass is 308 g/mol. The maximum absolute atomic E-state index is 12.7. The number of sulfonamides is 1. The first-order chi connectivity index (χ1) is 9.70. The van der Waals surface area contributed by atoms with Crippen LogP contribution in [0.4, 0.5) is 0 Å². The number of benzene rings is 1. The standard InChI is InChI=1S/C16H24N2O2S/c1-10-5-6-11(16(2,3)4)7-14(10)21(19,20)18-15-12-8-17-9-13(12)15/h5-7,12-13,15,17-18H,8-9H2,1-4H3. The van der Waals surface area contributed by atoms with Crippen molar-refractivity contribution in [2.75, 3.05) is 13.1 Å². The Bertz CT molecular complexity index is 651. The van der Waals surface area contributed by atoms with Gasteiger partial charge in [0, 0.05) is 6.04 Å². The van der Waals surface area contributed by atoms with Crippen molar-refractivity contribution in [2.24, 2.45) is 11.8 Å². The third-order valence-electron chi connectivity index (χ3n) is 4.73. The van der Waals surface area contributed by atoms with E-state index >= 15 is 0 Å². The van der Waals surface area contributed by atoms with Crippen molar-refractivity contribution in [3.8, 4) is 0 Å². The molecule has 1 aromatic rings. The summed E-state index contributed by atoms with van der Waals surface area (Å²) in [5.41, 5.74) is 1.79. The molecule has 1 aliphatic carbocycles. The molecule has 0 spiro atoms. The molecule has 0 aromatic heterocycles. The fraction of sp³-hybridized carbons (Fsp3) is 0.625. The Kier molecular flexibility index (Phi) is 3.43. The lowest BCUT2D eigenvalue weighted by Gasteiger charge is -2.21. The molecule has 1 aromatic carbocycles. The molecular weight excluding hydrogens is 284 g/mol. The second-order valence-electron chi connectivity index (χ2n) is 7.36. The van der Waals surface area contributed by atoms with E-state index in [9.17, 15) is 8.42 Å². The van der Waals surface area contributed by atoms with E-state index in [1.165, 1.54) is 0 Å². The fourth-order valence-electron chi connectivity index (χ4n) is 3.19. The zero-order valence-corrected chi connectivity index (χ0v) is 13.9. The van der Waals surface area contributed by atoms with Gasteiger partial charge in [-0.2, -0.15) is 0 Å². The van der Waals surface area contributed by atoms with Crippen LogP contribution in [0.15, 0.2) is 23.1 Å². The predicted octanol–water partition coefficient (Wildman–Crippen LogP) is 1.79. The Labute approximate surface area is 127 Å². The summed E-state index contributed by atoms with van der Waals surface area (Å²) in [5, 5.41) is 3.28. The number of rotatable bonds is 3. The van der Waals surface area contributed by atoms with Crippen molar-refractivity contribution in [1.29, 1.82) is 0 Å². The highest BCUT2D eigenvalue weighted by molar-refractivity contribution is 7.89. The quantitative estimate of drug-likeness (QED) is 0.895. The molecule has 2 aliphatic rings. The molecule has 3 rings (SSSR count). The van der Waals surface area contributed by atoms with Gasteiger partial charge in [0.25, 0.3) is 0 Å². The van der Waals surface area contributed by atoms with Gasteiger partial charge in [-0.15, -0.1) is 0 Å². The van der Waals surface area contributed by atoms with Crippen LogP contribution in [0.2, 0.25) is 0 Å². The summed E-state index contributed by atoms with van der Waals surface area (Å²) in [6.45, 7) is 10.0. The molecular formula is C16H24N2O2S. The molecule has 1 saturated heterocycles. The summed E-state index contributed by atoms with van der Waals surface area (Å²) >= 11 is 0. The molecule has 2 unspecified atom stereocenters. The highest BCUT2D eigenvalue weighted by Crippen LogP contribution is 2.42. The lowest BCUT2D eigenvalue weighted by molar-refractivity contribution is 0.562. The lowest BCUT2D eigenvalue weighted by Crippen LogP contribution is -2.33. The zero-order chi connectivity index (χ0) is 15.4. The Morgan fingerprint density at radius 3 is 2.38 bits per heavy atom. The molecule has 1 heterocycles. The maximum Gasteiger partial charge on any atom is 0.241 e. The van der Waals surface area contributed by atoms with Gasteiger partial charge in [0.2, 0.25) is 10.0 Å². The topological polar surface area (TPSA) is 58.2 Å². The average molecular weight is 308 g/mol. The first kappa shape index (κ1) is 15.0. The molecule has 2 atom stereocenters. The minimum absolute atomic E-state index is 0.0576. The summed E-state index contributed by atoms with van der Waals surface area (Å²) in [6, 6.07) is 5.87. The number of fused-ring (bicyclic) bond motifs is 1. The van der Waals surface area contributed by atoms with E-state index in [1.54, 1.807) is 0 Å². The number of piperidine rings is 1. The average Bonchev–Trinajstić information content (AvgIpc) is 2.82.